The van der Waals surface area contributed by atoms with E-state index in [1.165, 1.54) is 16.8 Å². The number of rotatable bonds is 5. The highest BCUT2D eigenvalue weighted by atomic mass is 79.9. The van der Waals surface area contributed by atoms with E-state index in [9.17, 15) is 18.0 Å². The Morgan fingerprint density at radius 1 is 1.00 bits per heavy atom. The summed E-state index contributed by atoms with van der Waals surface area (Å²) in [7, 11) is 0. The molecule has 2 aromatic heterocycles. The van der Waals surface area contributed by atoms with Crippen molar-refractivity contribution in [1.82, 2.24) is 29.7 Å². The minimum absolute atomic E-state index is 0.0443. The topological polar surface area (TPSA) is 80.9 Å². The molecular formula is C29H23BrF3N7O. The highest BCUT2D eigenvalue weighted by Gasteiger charge is 2.33. The summed E-state index contributed by atoms with van der Waals surface area (Å²) in [6, 6.07) is 22.8. The Bertz CT molecular complexity index is 1700. The molecule has 0 bridgehead atoms. The van der Waals surface area contributed by atoms with E-state index in [4.69, 9.17) is 5.10 Å². The zero-order valence-electron chi connectivity index (χ0n) is 21.5. The van der Waals surface area contributed by atoms with Gasteiger partial charge in [0.15, 0.2) is 0 Å². The minimum atomic E-state index is -4.51. The molecule has 0 saturated heterocycles. The number of aromatic nitrogens is 5. The number of alkyl halides is 3. The third kappa shape index (κ3) is 5.60. The van der Waals surface area contributed by atoms with Gasteiger partial charge in [-0.3, -0.25) is 4.68 Å². The van der Waals surface area contributed by atoms with Crippen molar-refractivity contribution < 1.29 is 18.0 Å². The van der Waals surface area contributed by atoms with Gasteiger partial charge in [-0.15, -0.1) is 5.10 Å². The maximum absolute atomic E-state index is 13.4. The number of hydrogen-bond donors (Lipinski definition) is 1. The van der Waals surface area contributed by atoms with Crippen molar-refractivity contribution in [2.24, 2.45) is 0 Å². The summed E-state index contributed by atoms with van der Waals surface area (Å²) < 4.78 is 43.4. The van der Waals surface area contributed by atoms with Gasteiger partial charge in [0.05, 0.1) is 36.2 Å². The maximum Gasteiger partial charge on any atom is 0.417 e. The highest BCUT2D eigenvalue weighted by molar-refractivity contribution is 9.10. The van der Waals surface area contributed by atoms with Gasteiger partial charge < -0.3 is 10.2 Å². The van der Waals surface area contributed by atoms with Crippen LogP contribution in [0.1, 0.15) is 22.5 Å². The number of para-hydroxylation sites is 1. The zero-order chi connectivity index (χ0) is 28.6. The zero-order valence-corrected chi connectivity index (χ0v) is 23.1. The molecule has 0 fully saturated rings. The lowest BCUT2D eigenvalue weighted by molar-refractivity contribution is -0.138. The van der Waals surface area contributed by atoms with Crippen molar-refractivity contribution in [3.05, 3.63) is 112 Å². The fourth-order valence-corrected chi connectivity index (χ4v) is 5.34. The van der Waals surface area contributed by atoms with Crippen molar-refractivity contribution in [1.29, 1.82) is 0 Å². The normalized spacial score (nSPS) is 13.2. The van der Waals surface area contributed by atoms with E-state index in [-0.39, 0.29) is 22.7 Å². The van der Waals surface area contributed by atoms with Crippen molar-refractivity contribution in [3.8, 4) is 16.9 Å². The monoisotopic (exact) mass is 621 g/mol. The second-order valence-electron chi connectivity index (χ2n) is 9.58. The summed E-state index contributed by atoms with van der Waals surface area (Å²) >= 11 is 2.97. The molecule has 0 radical (unpaired) electrons. The van der Waals surface area contributed by atoms with Crippen LogP contribution < -0.4 is 5.32 Å². The van der Waals surface area contributed by atoms with Crippen molar-refractivity contribution >= 4 is 27.6 Å². The molecule has 0 aliphatic carbocycles. The van der Waals surface area contributed by atoms with Crippen molar-refractivity contribution in [3.63, 3.8) is 0 Å². The number of nitrogens with one attached hydrogen (secondary N) is 1. The van der Waals surface area contributed by atoms with Gasteiger partial charge in [-0.05, 0) is 30.3 Å². The molecule has 1 aliphatic heterocycles. The quantitative estimate of drug-likeness (QED) is 0.241. The second kappa shape index (κ2) is 10.8. The molecule has 8 nitrogen and oxygen atoms in total. The van der Waals surface area contributed by atoms with Crippen LogP contribution in [-0.4, -0.2) is 42.3 Å². The number of hydrogen-bond acceptors (Lipinski definition) is 4. The van der Waals surface area contributed by atoms with Crippen LogP contribution in [0.15, 0.2) is 89.5 Å². The van der Waals surface area contributed by atoms with Crippen LogP contribution in [-0.2, 0) is 25.7 Å². The summed E-state index contributed by atoms with van der Waals surface area (Å²) in [5, 5.41) is 16.1. The molecule has 3 heterocycles. The van der Waals surface area contributed by atoms with Crippen molar-refractivity contribution in [2.45, 2.75) is 25.7 Å². The second-order valence-corrected chi connectivity index (χ2v) is 10.4. The number of carbonyl (C=O) groups is 1. The van der Waals surface area contributed by atoms with Crippen LogP contribution in [0.5, 0.6) is 0 Å². The molecule has 12 heteroatoms. The number of fused-ring (bicyclic) bond motifs is 1. The number of halogens is 4. The third-order valence-corrected chi connectivity index (χ3v) is 7.56. The summed E-state index contributed by atoms with van der Waals surface area (Å²) in [5.74, 6) is 0. The Kier molecular flexibility index (Phi) is 7.08. The first-order valence-corrected chi connectivity index (χ1v) is 13.6. The molecule has 2 amide bonds. The van der Waals surface area contributed by atoms with E-state index in [1.807, 2.05) is 65.3 Å². The molecule has 1 N–H and O–H groups in total. The molecule has 0 spiro atoms. The first-order chi connectivity index (χ1) is 19.8. The molecule has 0 unspecified atom stereocenters. The fraction of sp³-hybridized carbons (Fsp3) is 0.172. The lowest BCUT2D eigenvalue weighted by Crippen LogP contribution is -2.39. The predicted octanol–water partition coefficient (Wildman–Crippen LogP) is 6.55. The van der Waals surface area contributed by atoms with Crippen LogP contribution in [0.2, 0.25) is 0 Å². The Hall–Kier alpha value is -4.45. The Morgan fingerprint density at radius 2 is 1.73 bits per heavy atom. The Labute approximate surface area is 241 Å². The average Bonchev–Trinajstić information content (AvgIpc) is 3.58. The lowest BCUT2D eigenvalue weighted by atomic mass is 10.0. The van der Waals surface area contributed by atoms with E-state index < -0.39 is 11.7 Å². The minimum Gasteiger partial charge on any atom is -0.320 e. The van der Waals surface area contributed by atoms with Gasteiger partial charge in [0, 0.05) is 39.9 Å². The molecule has 1 aliphatic rings. The van der Waals surface area contributed by atoms with Crippen LogP contribution in [0.25, 0.3) is 16.9 Å². The van der Waals surface area contributed by atoms with Gasteiger partial charge in [-0.1, -0.05) is 69.7 Å². The Morgan fingerprint density at radius 3 is 2.46 bits per heavy atom. The lowest BCUT2D eigenvalue weighted by Gasteiger charge is -2.28. The number of urea groups is 1. The fourth-order valence-electron chi connectivity index (χ4n) is 4.87. The number of benzene rings is 3. The standard InChI is InChI=1S/C29H23BrF3N7O/c30-25-12-11-22(15-24(25)29(31,32)33)39-16-21(35-37-39)17-40-26-13-14-38(28(41)34-20-9-5-2-6-10-20)18-23(26)27(36-40)19-7-3-1-4-8-19/h1-12,15-16H,13-14,17-18H2,(H,34,41). The number of anilines is 1. The molecule has 41 heavy (non-hydrogen) atoms. The van der Waals surface area contributed by atoms with Gasteiger partial charge >= 0.3 is 12.2 Å². The van der Waals surface area contributed by atoms with Crippen LogP contribution >= 0.6 is 15.9 Å². The number of carbonyl (C=O) groups excluding carboxylic acids is 1. The first-order valence-electron chi connectivity index (χ1n) is 12.8. The summed E-state index contributed by atoms with van der Waals surface area (Å²) in [6.45, 7) is 1.15. The molecule has 6 rings (SSSR count). The van der Waals surface area contributed by atoms with Gasteiger partial charge in [-0.25, -0.2) is 9.48 Å². The summed E-state index contributed by atoms with van der Waals surface area (Å²) in [4.78, 5) is 14.8. The van der Waals surface area contributed by atoms with Gasteiger partial charge in [0.25, 0.3) is 0 Å². The third-order valence-electron chi connectivity index (χ3n) is 6.87. The Balaban J connectivity index is 1.28. The average molecular weight is 622 g/mol. The summed E-state index contributed by atoms with van der Waals surface area (Å²) in [5.41, 5.74) is 4.33. The molecule has 0 atom stereocenters. The molecular weight excluding hydrogens is 599 g/mol. The van der Waals surface area contributed by atoms with Crippen LogP contribution in [0, 0.1) is 0 Å². The summed E-state index contributed by atoms with van der Waals surface area (Å²) in [6.07, 6.45) is -2.33. The maximum atomic E-state index is 13.4. The molecule has 208 valence electrons. The first kappa shape index (κ1) is 26.8. The van der Waals surface area contributed by atoms with Crippen LogP contribution in [0.3, 0.4) is 0 Å². The highest BCUT2D eigenvalue weighted by Crippen LogP contribution is 2.36. The molecule has 5 aromatic rings. The van der Waals surface area contributed by atoms with Crippen LogP contribution in [0.4, 0.5) is 23.7 Å². The van der Waals surface area contributed by atoms with Gasteiger partial charge in [0.2, 0.25) is 0 Å². The SMILES string of the molecule is O=C(Nc1ccccc1)N1CCc2c(c(-c3ccccc3)nn2Cc2cn(-c3ccc(Br)c(C(F)(F)F)c3)nn2)C1. The molecule has 0 saturated carbocycles. The predicted molar refractivity (Wildman–Crippen MR) is 150 cm³/mol. The van der Waals surface area contributed by atoms with Crippen molar-refractivity contribution in [2.75, 3.05) is 11.9 Å². The van der Waals surface area contributed by atoms with Gasteiger partial charge in [0.1, 0.15) is 5.69 Å². The van der Waals surface area contributed by atoms with E-state index in [0.29, 0.717) is 25.2 Å². The van der Waals surface area contributed by atoms with E-state index in [2.05, 4.69) is 31.6 Å². The van der Waals surface area contributed by atoms with E-state index in [0.717, 1.165) is 34.3 Å². The molecule has 3 aromatic carbocycles. The van der Waals surface area contributed by atoms with E-state index >= 15 is 0 Å². The largest absolute Gasteiger partial charge is 0.417 e. The number of nitrogens with zero attached hydrogens (tertiary/aromatic N) is 6. The smallest absolute Gasteiger partial charge is 0.320 e. The van der Waals surface area contributed by atoms with E-state index in [1.54, 1.807) is 11.1 Å². The van der Waals surface area contributed by atoms with Gasteiger partial charge in [-0.2, -0.15) is 18.3 Å². The number of amides is 2.